The Balaban J connectivity index is 2.18. The van der Waals surface area contributed by atoms with E-state index in [4.69, 9.17) is 0 Å². The number of nitrogens with one attached hydrogen (secondary N) is 1. The normalized spacial score (nSPS) is 10.7. The first-order valence-electron chi connectivity index (χ1n) is 5.41. The zero-order valence-electron chi connectivity index (χ0n) is 9.33. The van der Waals surface area contributed by atoms with Crippen LogP contribution in [0.15, 0.2) is 48.9 Å². The lowest BCUT2D eigenvalue weighted by atomic mass is 10.1. The SMILES string of the molecule is O=[N+]([O-])c1ccc2ncc(-c3cc[nH]c3)cc2c1. The van der Waals surface area contributed by atoms with Gasteiger partial charge in [0.05, 0.1) is 10.4 Å². The minimum absolute atomic E-state index is 0.0792. The number of benzene rings is 1. The van der Waals surface area contributed by atoms with Crippen LogP contribution >= 0.6 is 0 Å². The third-order valence-corrected chi connectivity index (χ3v) is 2.81. The monoisotopic (exact) mass is 239 g/mol. The lowest BCUT2D eigenvalue weighted by molar-refractivity contribution is -0.384. The molecule has 0 aliphatic heterocycles. The Labute approximate surface area is 102 Å². The fourth-order valence-electron chi connectivity index (χ4n) is 1.89. The molecule has 3 rings (SSSR count). The van der Waals surface area contributed by atoms with Crippen molar-refractivity contribution < 1.29 is 4.92 Å². The number of aromatic amines is 1. The largest absolute Gasteiger partial charge is 0.367 e. The second kappa shape index (κ2) is 3.96. The quantitative estimate of drug-likeness (QED) is 0.551. The first-order chi connectivity index (χ1) is 8.74. The number of nitro benzene ring substituents is 1. The van der Waals surface area contributed by atoms with Crippen molar-refractivity contribution in [1.82, 2.24) is 9.97 Å². The van der Waals surface area contributed by atoms with E-state index in [9.17, 15) is 10.1 Å². The van der Waals surface area contributed by atoms with Crippen molar-refractivity contribution in [3.63, 3.8) is 0 Å². The molecule has 0 bridgehead atoms. The number of non-ortho nitro benzene ring substituents is 1. The van der Waals surface area contributed by atoms with Gasteiger partial charge in [-0.15, -0.1) is 0 Å². The Morgan fingerprint density at radius 3 is 2.78 bits per heavy atom. The molecule has 5 heteroatoms. The van der Waals surface area contributed by atoms with Crippen LogP contribution in [-0.2, 0) is 0 Å². The van der Waals surface area contributed by atoms with Gasteiger partial charge in [-0.3, -0.25) is 15.1 Å². The number of nitrogens with zero attached hydrogens (tertiary/aromatic N) is 2. The average Bonchev–Trinajstić information content (AvgIpc) is 2.91. The van der Waals surface area contributed by atoms with E-state index in [1.807, 2.05) is 24.5 Å². The van der Waals surface area contributed by atoms with E-state index in [0.717, 1.165) is 22.0 Å². The zero-order valence-corrected chi connectivity index (χ0v) is 9.33. The maximum atomic E-state index is 10.7. The zero-order chi connectivity index (χ0) is 12.5. The van der Waals surface area contributed by atoms with Crippen molar-refractivity contribution in [3.8, 4) is 11.1 Å². The molecule has 0 saturated heterocycles. The maximum Gasteiger partial charge on any atom is 0.270 e. The van der Waals surface area contributed by atoms with E-state index in [2.05, 4.69) is 9.97 Å². The van der Waals surface area contributed by atoms with Crippen LogP contribution in [0, 0.1) is 10.1 Å². The summed E-state index contributed by atoms with van der Waals surface area (Å²) in [5.74, 6) is 0. The van der Waals surface area contributed by atoms with Crippen molar-refractivity contribution in [2.75, 3.05) is 0 Å². The highest BCUT2D eigenvalue weighted by Crippen LogP contribution is 2.24. The van der Waals surface area contributed by atoms with Gasteiger partial charge in [-0.1, -0.05) is 0 Å². The Hall–Kier alpha value is -2.69. The molecule has 88 valence electrons. The minimum Gasteiger partial charge on any atom is -0.367 e. The molecule has 0 atom stereocenters. The molecule has 0 spiro atoms. The van der Waals surface area contributed by atoms with E-state index in [0.29, 0.717) is 0 Å². The van der Waals surface area contributed by atoms with Crippen LogP contribution in [-0.4, -0.2) is 14.9 Å². The summed E-state index contributed by atoms with van der Waals surface area (Å²) >= 11 is 0. The first kappa shape index (κ1) is 10.5. The van der Waals surface area contributed by atoms with E-state index in [-0.39, 0.29) is 5.69 Å². The van der Waals surface area contributed by atoms with Crippen LogP contribution in [0.3, 0.4) is 0 Å². The van der Waals surface area contributed by atoms with Crippen LogP contribution in [0.1, 0.15) is 0 Å². The van der Waals surface area contributed by atoms with Gasteiger partial charge in [0.2, 0.25) is 0 Å². The third kappa shape index (κ3) is 1.71. The standard InChI is InChI=1S/C13H9N3O2/c17-16(18)12-1-2-13-10(6-12)5-11(8-15-13)9-3-4-14-7-9/h1-8,14H. The lowest BCUT2D eigenvalue weighted by Gasteiger charge is -2.01. The van der Waals surface area contributed by atoms with Gasteiger partial charge in [0.15, 0.2) is 0 Å². The molecule has 1 aromatic carbocycles. The molecule has 0 aliphatic carbocycles. The van der Waals surface area contributed by atoms with Gasteiger partial charge in [-0.2, -0.15) is 0 Å². The molecule has 2 heterocycles. The average molecular weight is 239 g/mol. The summed E-state index contributed by atoms with van der Waals surface area (Å²) in [5, 5.41) is 11.5. The number of nitro groups is 1. The highest BCUT2D eigenvalue weighted by atomic mass is 16.6. The molecular weight excluding hydrogens is 230 g/mol. The van der Waals surface area contributed by atoms with Gasteiger partial charge in [0.25, 0.3) is 5.69 Å². The van der Waals surface area contributed by atoms with Gasteiger partial charge in [-0.05, 0) is 18.2 Å². The van der Waals surface area contributed by atoms with E-state index >= 15 is 0 Å². The summed E-state index contributed by atoms with van der Waals surface area (Å²) in [5.41, 5.74) is 2.77. The van der Waals surface area contributed by atoms with E-state index < -0.39 is 4.92 Å². The number of aromatic nitrogens is 2. The van der Waals surface area contributed by atoms with E-state index in [1.165, 1.54) is 6.07 Å². The predicted octanol–water partition coefficient (Wildman–Crippen LogP) is 3.14. The third-order valence-electron chi connectivity index (χ3n) is 2.81. The predicted molar refractivity (Wildman–Crippen MR) is 68.2 cm³/mol. The highest BCUT2D eigenvalue weighted by molar-refractivity contribution is 5.85. The van der Waals surface area contributed by atoms with Gasteiger partial charge in [-0.25, -0.2) is 0 Å². The summed E-state index contributed by atoms with van der Waals surface area (Å²) in [7, 11) is 0. The van der Waals surface area contributed by atoms with Gasteiger partial charge >= 0.3 is 0 Å². The molecule has 0 fully saturated rings. The molecule has 0 saturated carbocycles. The number of hydrogen-bond donors (Lipinski definition) is 1. The Bertz CT molecular complexity index is 720. The molecule has 0 radical (unpaired) electrons. The Morgan fingerprint density at radius 2 is 2.06 bits per heavy atom. The minimum atomic E-state index is -0.400. The second-order valence-electron chi connectivity index (χ2n) is 3.96. The first-order valence-corrected chi connectivity index (χ1v) is 5.41. The van der Waals surface area contributed by atoms with Crippen molar-refractivity contribution in [3.05, 3.63) is 59.0 Å². The van der Waals surface area contributed by atoms with Gasteiger partial charge in [0.1, 0.15) is 0 Å². The Kier molecular flexibility index (Phi) is 2.30. The fraction of sp³-hybridized carbons (Fsp3) is 0. The molecule has 0 unspecified atom stereocenters. The molecule has 1 N–H and O–H groups in total. The molecule has 18 heavy (non-hydrogen) atoms. The number of hydrogen-bond acceptors (Lipinski definition) is 3. The van der Waals surface area contributed by atoms with Crippen LogP contribution in [0.2, 0.25) is 0 Å². The summed E-state index contributed by atoms with van der Waals surface area (Å²) < 4.78 is 0. The number of H-pyrrole nitrogens is 1. The van der Waals surface area contributed by atoms with Crippen molar-refractivity contribution in [1.29, 1.82) is 0 Å². The van der Waals surface area contributed by atoms with Crippen LogP contribution in [0.25, 0.3) is 22.0 Å². The van der Waals surface area contributed by atoms with Crippen LogP contribution < -0.4 is 0 Å². The van der Waals surface area contributed by atoms with E-state index in [1.54, 1.807) is 18.3 Å². The summed E-state index contributed by atoms with van der Waals surface area (Å²) in [6.07, 6.45) is 5.45. The molecule has 2 aromatic heterocycles. The number of rotatable bonds is 2. The van der Waals surface area contributed by atoms with Gasteiger partial charge < -0.3 is 4.98 Å². The summed E-state index contributed by atoms with van der Waals surface area (Å²) in [6.45, 7) is 0. The van der Waals surface area contributed by atoms with Gasteiger partial charge in [0, 0.05) is 47.2 Å². The summed E-state index contributed by atoms with van der Waals surface area (Å²) in [4.78, 5) is 17.6. The molecular formula is C13H9N3O2. The van der Waals surface area contributed by atoms with Crippen molar-refractivity contribution in [2.24, 2.45) is 0 Å². The van der Waals surface area contributed by atoms with Crippen molar-refractivity contribution in [2.45, 2.75) is 0 Å². The molecule has 0 amide bonds. The second-order valence-corrected chi connectivity index (χ2v) is 3.96. The van der Waals surface area contributed by atoms with Crippen LogP contribution in [0.5, 0.6) is 0 Å². The van der Waals surface area contributed by atoms with Crippen LogP contribution in [0.4, 0.5) is 5.69 Å². The smallest absolute Gasteiger partial charge is 0.270 e. The summed E-state index contributed by atoms with van der Waals surface area (Å²) in [6, 6.07) is 8.50. The highest BCUT2D eigenvalue weighted by Gasteiger charge is 2.07. The fourth-order valence-corrected chi connectivity index (χ4v) is 1.89. The maximum absolute atomic E-state index is 10.7. The molecule has 0 aliphatic rings. The number of pyridine rings is 1. The Morgan fingerprint density at radius 1 is 1.17 bits per heavy atom. The topological polar surface area (TPSA) is 71.8 Å². The number of fused-ring (bicyclic) bond motifs is 1. The van der Waals surface area contributed by atoms with Crippen molar-refractivity contribution >= 4 is 16.6 Å². The molecule has 3 aromatic rings. The lowest BCUT2D eigenvalue weighted by Crippen LogP contribution is -1.88. The molecule has 5 nitrogen and oxygen atoms in total.